The van der Waals surface area contributed by atoms with E-state index < -0.39 is 12.2 Å². The Bertz CT molecular complexity index is 359. The fourth-order valence-corrected chi connectivity index (χ4v) is 2.07. The lowest BCUT2D eigenvalue weighted by Crippen LogP contribution is -2.26. The van der Waals surface area contributed by atoms with Crippen molar-refractivity contribution in [3.8, 4) is 5.75 Å². The Morgan fingerprint density at radius 3 is 2.05 bits per heavy atom. The predicted octanol–water partition coefficient (Wildman–Crippen LogP) is 3.10. The number of aliphatic hydroxyl groups is 2. The maximum absolute atomic E-state index is 9.85. The fourth-order valence-electron chi connectivity index (χ4n) is 2.07. The Kier molecular flexibility index (Phi) is 6.32. The molecule has 0 aliphatic carbocycles. The van der Waals surface area contributed by atoms with Crippen molar-refractivity contribution in [2.24, 2.45) is 0 Å². The van der Waals surface area contributed by atoms with Crippen molar-refractivity contribution in [3.63, 3.8) is 0 Å². The molecule has 3 nitrogen and oxygen atoms in total. The molecule has 0 bridgehead atoms. The van der Waals surface area contributed by atoms with Gasteiger partial charge < -0.3 is 14.9 Å². The molecular weight excluding hydrogens is 240 g/mol. The normalized spacial score (nSPS) is 16.2. The molecule has 0 fully saturated rings. The van der Waals surface area contributed by atoms with Crippen LogP contribution in [0.5, 0.6) is 5.75 Å². The highest BCUT2D eigenvalue weighted by atomic mass is 16.5. The Hall–Kier alpha value is -1.06. The second kappa shape index (κ2) is 7.51. The van der Waals surface area contributed by atoms with E-state index >= 15 is 0 Å². The zero-order valence-electron chi connectivity index (χ0n) is 12.3. The maximum atomic E-state index is 9.85. The molecule has 0 saturated carbocycles. The largest absolute Gasteiger partial charge is 0.491 e. The smallest absolute Gasteiger partial charge is 0.119 e. The zero-order valence-corrected chi connectivity index (χ0v) is 12.3. The van der Waals surface area contributed by atoms with E-state index in [1.165, 1.54) is 0 Å². The molecule has 0 spiro atoms. The molecule has 3 atom stereocenters. The Morgan fingerprint density at radius 1 is 1.00 bits per heavy atom. The molecule has 0 aliphatic heterocycles. The van der Waals surface area contributed by atoms with Gasteiger partial charge in [-0.25, -0.2) is 0 Å². The van der Waals surface area contributed by atoms with E-state index in [4.69, 9.17) is 4.74 Å². The molecule has 0 radical (unpaired) electrons. The average Bonchev–Trinajstić information content (AvgIpc) is 2.37. The highest BCUT2D eigenvalue weighted by Gasteiger charge is 2.18. The van der Waals surface area contributed by atoms with Crippen molar-refractivity contribution in [2.75, 3.05) is 0 Å². The summed E-state index contributed by atoms with van der Waals surface area (Å²) >= 11 is 0. The number of benzene rings is 1. The Morgan fingerprint density at radius 2 is 1.58 bits per heavy atom. The number of hydrogen-bond acceptors (Lipinski definition) is 3. The number of hydrogen-bond donors (Lipinski definition) is 2. The molecule has 3 heteroatoms. The maximum Gasteiger partial charge on any atom is 0.119 e. The summed E-state index contributed by atoms with van der Waals surface area (Å²) < 4.78 is 5.60. The van der Waals surface area contributed by atoms with E-state index in [-0.39, 0.29) is 12.0 Å². The van der Waals surface area contributed by atoms with Crippen molar-refractivity contribution in [3.05, 3.63) is 29.8 Å². The fraction of sp³-hybridized carbons (Fsp3) is 0.625. The number of ether oxygens (including phenoxy) is 1. The summed E-state index contributed by atoms with van der Waals surface area (Å²) in [6.07, 6.45) is 0.0245. The van der Waals surface area contributed by atoms with Crippen molar-refractivity contribution in [1.82, 2.24) is 0 Å². The van der Waals surface area contributed by atoms with Crippen LogP contribution < -0.4 is 4.74 Å². The van der Waals surface area contributed by atoms with Gasteiger partial charge in [0.2, 0.25) is 0 Å². The van der Waals surface area contributed by atoms with Crippen molar-refractivity contribution < 1.29 is 14.9 Å². The lowest BCUT2D eigenvalue weighted by Gasteiger charge is -2.20. The Labute approximate surface area is 116 Å². The van der Waals surface area contributed by atoms with Gasteiger partial charge in [0, 0.05) is 0 Å². The van der Waals surface area contributed by atoms with Gasteiger partial charge in [0.05, 0.1) is 18.3 Å². The van der Waals surface area contributed by atoms with E-state index in [0.29, 0.717) is 12.8 Å². The molecule has 0 aliphatic rings. The van der Waals surface area contributed by atoms with E-state index in [9.17, 15) is 10.2 Å². The average molecular weight is 266 g/mol. The second-order valence-corrected chi connectivity index (χ2v) is 5.42. The van der Waals surface area contributed by atoms with Gasteiger partial charge in [-0.1, -0.05) is 26.0 Å². The summed E-state index contributed by atoms with van der Waals surface area (Å²) in [4.78, 5) is 0. The van der Waals surface area contributed by atoms with Crippen molar-refractivity contribution in [1.29, 1.82) is 0 Å². The molecule has 1 aromatic rings. The Balaban J connectivity index is 2.60. The van der Waals surface area contributed by atoms with Gasteiger partial charge in [0.15, 0.2) is 0 Å². The number of aliphatic hydroxyl groups excluding tert-OH is 2. The van der Waals surface area contributed by atoms with Crippen LogP contribution in [0.15, 0.2) is 24.3 Å². The lowest BCUT2D eigenvalue weighted by atomic mass is 9.92. The number of rotatable bonds is 7. The lowest BCUT2D eigenvalue weighted by molar-refractivity contribution is 0.00953. The summed E-state index contributed by atoms with van der Waals surface area (Å²) in [5.74, 6) is 1.07. The van der Waals surface area contributed by atoms with Crippen LogP contribution in [-0.2, 0) is 0 Å². The van der Waals surface area contributed by atoms with Gasteiger partial charge in [0.25, 0.3) is 0 Å². The first kappa shape index (κ1) is 16.0. The van der Waals surface area contributed by atoms with Crippen LogP contribution in [0, 0.1) is 0 Å². The summed E-state index contributed by atoms with van der Waals surface area (Å²) in [5, 5.41) is 19.4. The first-order valence-electron chi connectivity index (χ1n) is 7.06. The summed E-state index contributed by atoms with van der Waals surface area (Å²) in [6, 6.07) is 7.95. The third kappa shape index (κ3) is 5.21. The van der Waals surface area contributed by atoms with Gasteiger partial charge in [-0.2, -0.15) is 0 Å². The second-order valence-electron chi connectivity index (χ2n) is 5.42. The SMILES string of the molecule is CCC(O)C(O)CC(C)c1ccc(OC(C)C)cc1. The van der Waals surface area contributed by atoms with E-state index in [1.54, 1.807) is 0 Å². The van der Waals surface area contributed by atoms with Crippen LogP contribution in [0.2, 0.25) is 0 Å². The molecule has 0 saturated heterocycles. The topological polar surface area (TPSA) is 49.7 Å². The standard InChI is InChI=1S/C16H26O3/c1-5-15(17)16(18)10-12(4)13-6-8-14(9-7-13)19-11(2)3/h6-9,11-12,15-18H,5,10H2,1-4H3. The van der Waals surface area contributed by atoms with Gasteiger partial charge in [-0.15, -0.1) is 0 Å². The third-order valence-corrected chi connectivity index (χ3v) is 3.28. The first-order chi connectivity index (χ1) is 8.93. The third-order valence-electron chi connectivity index (χ3n) is 3.28. The molecule has 108 valence electrons. The summed E-state index contributed by atoms with van der Waals surface area (Å²) in [6.45, 7) is 7.93. The minimum atomic E-state index is -0.661. The predicted molar refractivity (Wildman–Crippen MR) is 77.5 cm³/mol. The van der Waals surface area contributed by atoms with Crippen LogP contribution in [0.1, 0.15) is 52.0 Å². The minimum absolute atomic E-state index is 0.171. The van der Waals surface area contributed by atoms with Gasteiger partial charge >= 0.3 is 0 Å². The van der Waals surface area contributed by atoms with Crippen LogP contribution in [0.4, 0.5) is 0 Å². The van der Waals surface area contributed by atoms with E-state index in [0.717, 1.165) is 11.3 Å². The summed E-state index contributed by atoms with van der Waals surface area (Å²) in [5.41, 5.74) is 1.15. The van der Waals surface area contributed by atoms with E-state index in [2.05, 4.69) is 6.92 Å². The zero-order chi connectivity index (χ0) is 14.4. The minimum Gasteiger partial charge on any atom is -0.491 e. The van der Waals surface area contributed by atoms with Gasteiger partial charge in [-0.3, -0.25) is 0 Å². The van der Waals surface area contributed by atoms with Gasteiger partial charge in [-0.05, 0) is 50.3 Å². The quantitative estimate of drug-likeness (QED) is 0.797. The first-order valence-corrected chi connectivity index (χ1v) is 7.06. The van der Waals surface area contributed by atoms with Crippen LogP contribution in [-0.4, -0.2) is 28.5 Å². The molecule has 1 aromatic carbocycles. The van der Waals surface area contributed by atoms with Crippen LogP contribution in [0.3, 0.4) is 0 Å². The molecule has 0 amide bonds. The highest BCUT2D eigenvalue weighted by molar-refractivity contribution is 5.29. The summed E-state index contributed by atoms with van der Waals surface area (Å²) in [7, 11) is 0. The molecule has 1 rings (SSSR count). The molecule has 2 N–H and O–H groups in total. The molecule has 0 heterocycles. The highest BCUT2D eigenvalue weighted by Crippen LogP contribution is 2.24. The monoisotopic (exact) mass is 266 g/mol. The van der Waals surface area contributed by atoms with Crippen molar-refractivity contribution in [2.45, 2.75) is 64.8 Å². The van der Waals surface area contributed by atoms with E-state index in [1.807, 2.05) is 45.0 Å². The van der Waals surface area contributed by atoms with Gasteiger partial charge in [0.1, 0.15) is 5.75 Å². The van der Waals surface area contributed by atoms with Crippen LogP contribution >= 0.6 is 0 Å². The molecular formula is C16H26O3. The molecule has 3 unspecified atom stereocenters. The molecule has 0 aromatic heterocycles. The van der Waals surface area contributed by atoms with Crippen molar-refractivity contribution >= 4 is 0 Å². The van der Waals surface area contributed by atoms with Crippen LogP contribution in [0.25, 0.3) is 0 Å². The molecule has 19 heavy (non-hydrogen) atoms.